The molecular formula is C19H21N3O2. The highest BCUT2D eigenvalue weighted by Crippen LogP contribution is 2.22. The van der Waals surface area contributed by atoms with Crippen molar-refractivity contribution in [2.24, 2.45) is 0 Å². The van der Waals surface area contributed by atoms with E-state index in [1.807, 2.05) is 69.3 Å². The molecule has 3 aromatic rings. The molecule has 0 radical (unpaired) electrons. The van der Waals surface area contributed by atoms with Crippen molar-refractivity contribution in [3.05, 3.63) is 60.0 Å². The van der Waals surface area contributed by atoms with Gasteiger partial charge in [0, 0.05) is 11.3 Å². The molecule has 5 heteroatoms. The largest absolute Gasteiger partial charge is 0.491 e. The SMILES string of the molecule is Cc1ccccc1-c1nnc(CNc2ccc(OC(C)C)cc2)o1. The molecule has 0 bridgehead atoms. The van der Waals surface area contributed by atoms with Crippen molar-refractivity contribution in [2.45, 2.75) is 33.4 Å². The van der Waals surface area contributed by atoms with E-state index in [0.717, 1.165) is 22.6 Å². The number of benzene rings is 2. The molecule has 1 N–H and O–H groups in total. The van der Waals surface area contributed by atoms with E-state index in [2.05, 4.69) is 15.5 Å². The lowest BCUT2D eigenvalue weighted by atomic mass is 10.1. The molecule has 0 saturated heterocycles. The van der Waals surface area contributed by atoms with E-state index in [9.17, 15) is 0 Å². The first-order valence-corrected chi connectivity index (χ1v) is 8.01. The van der Waals surface area contributed by atoms with Gasteiger partial charge in [-0.1, -0.05) is 18.2 Å². The van der Waals surface area contributed by atoms with Gasteiger partial charge in [0.2, 0.25) is 11.8 Å². The number of aromatic nitrogens is 2. The van der Waals surface area contributed by atoms with E-state index in [0.29, 0.717) is 18.3 Å². The number of anilines is 1. The highest BCUT2D eigenvalue weighted by Gasteiger charge is 2.10. The smallest absolute Gasteiger partial charge is 0.248 e. The molecule has 1 heterocycles. The number of ether oxygens (including phenoxy) is 1. The van der Waals surface area contributed by atoms with Crippen LogP contribution in [-0.4, -0.2) is 16.3 Å². The molecule has 2 aromatic carbocycles. The zero-order valence-electron chi connectivity index (χ0n) is 14.1. The molecule has 0 fully saturated rings. The average Bonchev–Trinajstić information content (AvgIpc) is 3.03. The van der Waals surface area contributed by atoms with E-state index in [-0.39, 0.29) is 6.10 Å². The summed E-state index contributed by atoms with van der Waals surface area (Å²) in [6.07, 6.45) is 0.169. The molecule has 0 spiro atoms. The number of nitrogens with one attached hydrogen (secondary N) is 1. The van der Waals surface area contributed by atoms with Crippen molar-refractivity contribution in [3.63, 3.8) is 0 Å². The molecule has 5 nitrogen and oxygen atoms in total. The Kier molecular flexibility index (Phi) is 4.79. The molecule has 0 amide bonds. The molecule has 0 aliphatic rings. The molecule has 3 rings (SSSR count). The Hall–Kier alpha value is -2.82. The molecule has 1 aromatic heterocycles. The van der Waals surface area contributed by atoms with Crippen LogP contribution in [0.15, 0.2) is 52.9 Å². The van der Waals surface area contributed by atoms with Gasteiger partial charge in [0.25, 0.3) is 0 Å². The average molecular weight is 323 g/mol. The summed E-state index contributed by atoms with van der Waals surface area (Å²) in [4.78, 5) is 0. The number of nitrogens with zero attached hydrogens (tertiary/aromatic N) is 2. The molecule has 0 aliphatic heterocycles. The fourth-order valence-electron chi connectivity index (χ4n) is 2.35. The van der Waals surface area contributed by atoms with Crippen LogP contribution in [0.25, 0.3) is 11.5 Å². The lowest BCUT2D eigenvalue weighted by Gasteiger charge is -2.10. The summed E-state index contributed by atoms with van der Waals surface area (Å²) < 4.78 is 11.4. The Morgan fingerprint density at radius 1 is 1.04 bits per heavy atom. The highest BCUT2D eigenvalue weighted by molar-refractivity contribution is 5.57. The van der Waals surface area contributed by atoms with Crippen molar-refractivity contribution in [3.8, 4) is 17.2 Å². The minimum Gasteiger partial charge on any atom is -0.491 e. The van der Waals surface area contributed by atoms with Crippen molar-refractivity contribution in [1.82, 2.24) is 10.2 Å². The summed E-state index contributed by atoms with van der Waals surface area (Å²) in [6.45, 7) is 6.52. The van der Waals surface area contributed by atoms with Gasteiger partial charge in [0.1, 0.15) is 5.75 Å². The monoisotopic (exact) mass is 323 g/mol. The molecule has 0 unspecified atom stereocenters. The summed E-state index contributed by atoms with van der Waals surface area (Å²) in [5.41, 5.74) is 3.05. The lowest BCUT2D eigenvalue weighted by Crippen LogP contribution is -2.05. The Morgan fingerprint density at radius 3 is 2.50 bits per heavy atom. The fourth-order valence-corrected chi connectivity index (χ4v) is 2.35. The van der Waals surface area contributed by atoms with Crippen LogP contribution in [-0.2, 0) is 6.54 Å². The van der Waals surface area contributed by atoms with Gasteiger partial charge in [-0.05, 0) is 56.7 Å². The van der Waals surface area contributed by atoms with Crippen LogP contribution in [0.3, 0.4) is 0 Å². The van der Waals surface area contributed by atoms with E-state index in [4.69, 9.17) is 9.15 Å². The van der Waals surface area contributed by atoms with Crippen LogP contribution in [0.1, 0.15) is 25.3 Å². The molecule has 0 aliphatic carbocycles. The van der Waals surface area contributed by atoms with Gasteiger partial charge in [0.15, 0.2) is 0 Å². The molecule has 24 heavy (non-hydrogen) atoms. The first-order chi connectivity index (χ1) is 11.6. The van der Waals surface area contributed by atoms with Crippen molar-refractivity contribution < 1.29 is 9.15 Å². The molecule has 0 saturated carbocycles. The predicted octanol–water partition coefficient (Wildman–Crippen LogP) is 4.44. The first kappa shape index (κ1) is 16.1. The number of hydrogen-bond donors (Lipinski definition) is 1. The normalized spacial score (nSPS) is 10.8. The summed E-state index contributed by atoms with van der Waals surface area (Å²) in [7, 11) is 0. The Bertz CT molecular complexity index is 794. The quantitative estimate of drug-likeness (QED) is 0.726. The maximum atomic E-state index is 5.74. The van der Waals surface area contributed by atoms with Gasteiger partial charge >= 0.3 is 0 Å². The van der Waals surface area contributed by atoms with Crippen LogP contribution in [0.4, 0.5) is 5.69 Å². The van der Waals surface area contributed by atoms with Crippen molar-refractivity contribution in [2.75, 3.05) is 5.32 Å². The predicted molar refractivity (Wildman–Crippen MR) is 94.0 cm³/mol. The molecular weight excluding hydrogens is 302 g/mol. The van der Waals surface area contributed by atoms with E-state index in [1.165, 1.54) is 0 Å². The van der Waals surface area contributed by atoms with Crippen LogP contribution in [0.5, 0.6) is 5.75 Å². The summed E-state index contributed by atoms with van der Waals surface area (Å²) >= 11 is 0. The summed E-state index contributed by atoms with van der Waals surface area (Å²) in [5.74, 6) is 1.96. The van der Waals surface area contributed by atoms with Gasteiger partial charge < -0.3 is 14.5 Å². The second-order valence-corrected chi connectivity index (χ2v) is 5.86. The Morgan fingerprint density at radius 2 is 1.79 bits per heavy atom. The van der Waals surface area contributed by atoms with Gasteiger partial charge in [-0.3, -0.25) is 0 Å². The van der Waals surface area contributed by atoms with E-state index >= 15 is 0 Å². The lowest BCUT2D eigenvalue weighted by molar-refractivity contribution is 0.242. The number of hydrogen-bond acceptors (Lipinski definition) is 5. The zero-order chi connectivity index (χ0) is 16.9. The van der Waals surface area contributed by atoms with E-state index < -0.39 is 0 Å². The van der Waals surface area contributed by atoms with Gasteiger partial charge in [-0.25, -0.2) is 0 Å². The van der Waals surface area contributed by atoms with E-state index in [1.54, 1.807) is 0 Å². The third-order valence-corrected chi connectivity index (χ3v) is 3.51. The van der Waals surface area contributed by atoms with Gasteiger partial charge in [-0.2, -0.15) is 0 Å². The molecule has 124 valence electrons. The topological polar surface area (TPSA) is 60.2 Å². The number of aryl methyl sites for hydroxylation is 1. The highest BCUT2D eigenvalue weighted by atomic mass is 16.5. The van der Waals surface area contributed by atoms with Crippen molar-refractivity contribution >= 4 is 5.69 Å². The van der Waals surface area contributed by atoms with Gasteiger partial charge in [-0.15, -0.1) is 10.2 Å². The second kappa shape index (κ2) is 7.17. The second-order valence-electron chi connectivity index (χ2n) is 5.86. The summed E-state index contributed by atoms with van der Waals surface area (Å²) in [5, 5.41) is 11.5. The minimum absolute atomic E-state index is 0.169. The maximum Gasteiger partial charge on any atom is 0.248 e. The fraction of sp³-hybridized carbons (Fsp3) is 0.263. The first-order valence-electron chi connectivity index (χ1n) is 8.01. The van der Waals surface area contributed by atoms with Crippen LogP contribution >= 0.6 is 0 Å². The van der Waals surface area contributed by atoms with Crippen LogP contribution in [0.2, 0.25) is 0 Å². The number of rotatable bonds is 6. The standard InChI is InChI=1S/C19H21N3O2/c1-13(2)23-16-10-8-15(9-11-16)20-12-18-21-22-19(24-18)17-7-5-4-6-14(17)3/h4-11,13,20H,12H2,1-3H3. The Balaban J connectivity index is 1.62. The van der Waals surface area contributed by atoms with Crippen LogP contribution < -0.4 is 10.1 Å². The van der Waals surface area contributed by atoms with Gasteiger partial charge in [0.05, 0.1) is 12.6 Å². The zero-order valence-corrected chi connectivity index (χ0v) is 14.1. The Labute approximate surface area is 141 Å². The minimum atomic E-state index is 0.169. The third-order valence-electron chi connectivity index (χ3n) is 3.51. The third kappa shape index (κ3) is 3.93. The summed E-state index contributed by atoms with van der Waals surface area (Å²) in [6, 6.07) is 15.8. The van der Waals surface area contributed by atoms with Crippen LogP contribution in [0, 0.1) is 6.92 Å². The van der Waals surface area contributed by atoms with Crippen molar-refractivity contribution in [1.29, 1.82) is 0 Å². The molecule has 0 atom stereocenters. The maximum absolute atomic E-state index is 5.74.